The maximum absolute atomic E-state index is 13.6. The molecule has 0 bridgehead atoms. The lowest BCUT2D eigenvalue weighted by Gasteiger charge is -2.04. The first kappa shape index (κ1) is 20.1. The maximum atomic E-state index is 13.6. The van der Waals surface area contributed by atoms with Gasteiger partial charge in [-0.15, -0.1) is 11.3 Å². The fraction of sp³-hybridized carbons (Fsp3) is 0.238. The van der Waals surface area contributed by atoms with E-state index < -0.39 is 17.5 Å². The first-order valence-corrected chi connectivity index (χ1v) is 10.4. The van der Waals surface area contributed by atoms with Crippen molar-refractivity contribution in [3.63, 3.8) is 0 Å². The highest BCUT2D eigenvalue weighted by atomic mass is 32.1. The van der Waals surface area contributed by atoms with Crippen molar-refractivity contribution >= 4 is 28.3 Å². The van der Waals surface area contributed by atoms with Crippen molar-refractivity contribution in [2.45, 2.75) is 32.2 Å². The fourth-order valence-electron chi connectivity index (χ4n) is 3.05. The van der Waals surface area contributed by atoms with Crippen LogP contribution in [-0.2, 0) is 19.4 Å². The summed E-state index contributed by atoms with van der Waals surface area (Å²) in [5, 5.41) is 5.11. The second kappa shape index (κ2) is 9.08. The predicted molar refractivity (Wildman–Crippen MR) is 110 cm³/mol. The summed E-state index contributed by atoms with van der Waals surface area (Å²) in [6.45, 7) is -0.130. The van der Waals surface area contributed by atoms with Crippen LogP contribution < -0.4 is 5.32 Å². The predicted octanol–water partition coefficient (Wildman–Crippen LogP) is 4.19. The van der Waals surface area contributed by atoms with Gasteiger partial charge in [0, 0.05) is 17.9 Å². The Kier molecular flexibility index (Phi) is 6.08. The summed E-state index contributed by atoms with van der Waals surface area (Å²) >= 11 is 1.42. The number of carbonyl (C=O) groups excluding carboxylic acids is 1. The van der Waals surface area contributed by atoms with E-state index >= 15 is 0 Å². The summed E-state index contributed by atoms with van der Waals surface area (Å²) in [6.07, 6.45) is 4.42. The number of carbonyl (C=O) groups is 1. The van der Waals surface area contributed by atoms with Crippen molar-refractivity contribution in [3.8, 4) is 0 Å². The number of halogens is 2. The Hall–Kier alpha value is -3.20. The van der Waals surface area contributed by atoms with Crippen LogP contribution in [0, 0.1) is 11.6 Å². The molecule has 1 amide bonds. The normalized spacial score (nSPS) is 11.1. The highest BCUT2D eigenvalue weighted by molar-refractivity contribution is 7.09. The summed E-state index contributed by atoms with van der Waals surface area (Å²) < 4.78 is 26.5. The lowest BCUT2D eigenvalue weighted by molar-refractivity contribution is 0.0945. The highest BCUT2D eigenvalue weighted by Gasteiger charge is 2.13. The van der Waals surface area contributed by atoms with Crippen molar-refractivity contribution in [2.24, 2.45) is 0 Å². The van der Waals surface area contributed by atoms with Crippen molar-refractivity contribution in [1.29, 1.82) is 0 Å². The average Bonchev–Trinajstić information content (AvgIpc) is 3.37. The standard InChI is InChI=1S/C21H19F2N5OS/c22-13-9-14(23)17(24-10-13)11-25-21(29)18-12-30-20(28-18)8-4-3-7-19-26-15-5-1-2-6-16(15)27-19/h1-2,5-6,9-10,12H,3-4,7-8,11H2,(H,25,29)(H,26,27). The van der Waals surface area contributed by atoms with Gasteiger partial charge in [-0.25, -0.2) is 18.7 Å². The number of aryl methyl sites for hydroxylation is 2. The third kappa shape index (κ3) is 4.85. The smallest absolute Gasteiger partial charge is 0.271 e. The summed E-state index contributed by atoms with van der Waals surface area (Å²) in [7, 11) is 0. The Labute approximate surface area is 175 Å². The van der Waals surface area contributed by atoms with Crippen molar-refractivity contribution < 1.29 is 13.6 Å². The molecule has 0 aliphatic rings. The van der Waals surface area contributed by atoms with Crippen LogP contribution in [0.5, 0.6) is 0 Å². The minimum Gasteiger partial charge on any atom is -0.345 e. The number of aromatic amines is 1. The molecular weight excluding hydrogens is 408 g/mol. The molecule has 1 aromatic carbocycles. The van der Waals surface area contributed by atoms with E-state index in [9.17, 15) is 13.6 Å². The number of pyridine rings is 1. The molecule has 2 N–H and O–H groups in total. The molecule has 9 heteroatoms. The van der Waals surface area contributed by atoms with Crippen LogP contribution in [0.15, 0.2) is 41.9 Å². The van der Waals surface area contributed by atoms with Crippen LogP contribution >= 0.6 is 11.3 Å². The van der Waals surface area contributed by atoms with Gasteiger partial charge in [0.05, 0.1) is 34.5 Å². The van der Waals surface area contributed by atoms with E-state index in [-0.39, 0.29) is 17.9 Å². The van der Waals surface area contributed by atoms with Gasteiger partial charge in [0.2, 0.25) is 0 Å². The minimum absolute atomic E-state index is 0.0224. The third-order valence-corrected chi connectivity index (χ3v) is 5.49. The zero-order valence-corrected chi connectivity index (χ0v) is 16.8. The number of thiazole rings is 1. The third-order valence-electron chi connectivity index (χ3n) is 4.58. The Morgan fingerprint density at radius 2 is 1.97 bits per heavy atom. The Morgan fingerprint density at radius 3 is 2.80 bits per heavy atom. The topological polar surface area (TPSA) is 83.6 Å². The van der Waals surface area contributed by atoms with Crippen LogP contribution in [-0.4, -0.2) is 25.8 Å². The second-order valence-corrected chi connectivity index (χ2v) is 7.74. The van der Waals surface area contributed by atoms with Crippen LogP contribution in [0.1, 0.15) is 39.9 Å². The van der Waals surface area contributed by atoms with E-state index in [2.05, 4.69) is 25.3 Å². The lowest BCUT2D eigenvalue weighted by atomic mass is 10.2. The number of imidazole rings is 1. The summed E-state index contributed by atoms with van der Waals surface area (Å²) in [6, 6.07) is 8.68. The molecule has 3 heterocycles. The summed E-state index contributed by atoms with van der Waals surface area (Å²) in [4.78, 5) is 28.1. The first-order chi connectivity index (χ1) is 14.6. The van der Waals surface area contributed by atoms with Crippen LogP contribution in [0.4, 0.5) is 8.78 Å². The number of hydrogen-bond acceptors (Lipinski definition) is 5. The van der Waals surface area contributed by atoms with E-state index in [1.165, 1.54) is 11.3 Å². The number of H-pyrrole nitrogens is 1. The minimum atomic E-state index is -0.793. The number of benzene rings is 1. The highest BCUT2D eigenvalue weighted by Crippen LogP contribution is 2.16. The van der Waals surface area contributed by atoms with E-state index in [4.69, 9.17) is 0 Å². The Morgan fingerprint density at radius 1 is 1.13 bits per heavy atom. The zero-order chi connectivity index (χ0) is 20.9. The van der Waals surface area contributed by atoms with Crippen molar-refractivity contribution in [3.05, 3.63) is 75.8 Å². The van der Waals surface area contributed by atoms with Gasteiger partial charge in [-0.05, 0) is 31.4 Å². The van der Waals surface area contributed by atoms with Gasteiger partial charge in [-0.2, -0.15) is 0 Å². The molecular formula is C21H19F2N5OS. The number of hydrogen-bond donors (Lipinski definition) is 2. The van der Waals surface area contributed by atoms with Gasteiger partial charge in [0.1, 0.15) is 23.2 Å². The molecule has 0 atom stereocenters. The van der Waals surface area contributed by atoms with Gasteiger partial charge in [-0.1, -0.05) is 12.1 Å². The number of para-hydroxylation sites is 2. The maximum Gasteiger partial charge on any atom is 0.271 e. The largest absolute Gasteiger partial charge is 0.345 e. The molecule has 0 unspecified atom stereocenters. The molecule has 0 radical (unpaired) electrons. The molecule has 3 aromatic heterocycles. The molecule has 0 aliphatic carbocycles. The molecule has 4 rings (SSSR count). The van der Waals surface area contributed by atoms with Crippen LogP contribution in [0.25, 0.3) is 11.0 Å². The quantitative estimate of drug-likeness (QED) is 0.413. The van der Waals surface area contributed by atoms with E-state index in [1.54, 1.807) is 5.38 Å². The molecule has 154 valence electrons. The summed E-state index contributed by atoms with van der Waals surface area (Å²) in [5.74, 6) is -0.992. The number of nitrogens with one attached hydrogen (secondary N) is 2. The van der Waals surface area contributed by atoms with Gasteiger partial charge < -0.3 is 10.3 Å². The van der Waals surface area contributed by atoms with E-state index in [0.29, 0.717) is 0 Å². The molecule has 0 spiro atoms. The molecule has 30 heavy (non-hydrogen) atoms. The molecule has 0 saturated carbocycles. The number of rotatable bonds is 8. The molecule has 0 aliphatic heterocycles. The Balaban J connectivity index is 1.23. The SMILES string of the molecule is O=C(NCc1ncc(F)cc1F)c1csc(CCCCc2nc3ccccc3[nH]2)n1. The van der Waals surface area contributed by atoms with Crippen LogP contribution in [0.3, 0.4) is 0 Å². The average molecular weight is 427 g/mol. The number of unbranched alkanes of at least 4 members (excludes halogenated alkanes) is 1. The van der Waals surface area contributed by atoms with Crippen LogP contribution in [0.2, 0.25) is 0 Å². The second-order valence-electron chi connectivity index (χ2n) is 6.80. The van der Waals surface area contributed by atoms with Crippen molar-refractivity contribution in [1.82, 2.24) is 25.3 Å². The zero-order valence-electron chi connectivity index (χ0n) is 16.0. The number of aromatic nitrogens is 4. The monoisotopic (exact) mass is 427 g/mol. The molecule has 6 nitrogen and oxygen atoms in total. The number of nitrogens with zero attached hydrogens (tertiary/aromatic N) is 3. The molecule has 0 saturated heterocycles. The van der Waals surface area contributed by atoms with E-state index in [1.807, 2.05) is 24.3 Å². The lowest BCUT2D eigenvalue weighted by Crippen LogP contribution is -2.24. The number of fused-ring (bicyclic) bond motifs is 1. The first-order valence-electron chi connectivity index (χ1n) is 9.54. The van der Waals surface area contributed by atoms with Gasteiger partial charge >= 0.3 is 0 Å². The summed E-state index contributed by atoms with van der Waals surface area (Å²) in [5.41, 5.74) is 2.28. The number of amides is 1. The van der Waals surface area contributed by atoms with Crippen molar-refractivity contribution in [2.75, 3.05) is 0 Å². The van der Waals surface area contributed by atoms with E-state index in [0.717, 1.165) is 59.8 Å². The molecule has 4 aromatic rings. The van der Waals surface area contributed by atoms with Gasteiger partial charge in [0.25, 0.3) is 5.91 Å². The van der Waals surface area contributed by atoms with Gasteiger partial charge in [0.15, 0.2) is 0 Å². The Bertz CT molecular complexity index is 1140. The van der Waals surface area contributed by atoms with Gasteiger partial charge in [-0.3, -0.25) is 9.78 Å². The fourth-order valence-corrected chi connectivity index (χ4v) is 3.87. The molecule has 0 fully saturated rings.